The molecule has 0 atom stereocenters. The van der Waals surface area contributed by atoms with Crippen LogP contribution >= 0.6 is 0 Å². The SMILES string of the molecule is CCc1cc(CN2CC3(CCS(=O)(=O)C3)C2)ccc1-c1ccc(C(O)(C(F)(F)F)C(F)(F)F)cc1. The van der Waals surface area contributed by atoms with Crippen molar-refractivity contribution >= 4 is 9.84 Å². The minimum Gasteiger partial charge on any atom is -0.369 e. The standard InChI is InChI=1S/C24H25F6NO3S/c1-2-17-11-16(12-31-13-21(14-31)9-10-35(33,34)15-21)3-8-20(17)18-4-6-19(7-5-18)22(32,23(25,26)27)24(28,29)30/h3-8,11,32H,2,9-10,12-15H2,1H3. The summed E-state index contributed by atoms with van der Waals surface area (Å²) in [5, 5.41) is 9.58. The Balaban J connectivity index is 1.52. The summed E-state index contributed by atoms with van der Waals surface area (Å²) in [5.41, 5.74) is -3.43. The molecule has 4 rings (SSSR count). The summed E-state index contributed by atoms with van der Waals surface area (Å²) >= 11 is 0. The van der Waals surface area contributed by atoms with Gasteiger partial charge in [0.25, 0.3) is 5.60 Å². The minimum absolute atomic E-state index is 0.150. The molecule has 1 N–H and O–H groups in total. The van der Waals surface area contributed by atoms with E-state index in [0.29, 0.717) is 55.7 Å². The number of benzene rings is 2. The van der Waals surface area contributed by atoms with Gasteiger partial charge < -0.3 is 5.11 Å². The third-order valence-corrected chi connectivity index (χ3v) is 8.86. The van der Waals surface area contributed by atoms with Crippen LogP contribution in [0.2, 0.25) is 0 Å². The first-order chi connectivity index (χ1) is 16.1. The van der Waals surface area contributed by atoms with Crippen molar-refractivity contribution in [2.45, 2.75) is 44.3 Å². The smallest absolute Gasteiger partial charge is 0.369 e. The Labute approximate surface area is 199 Å². The van der Waals surface area contributed by atoms with Gasteiger partial charge in [0.15, 0.2) is 9.84 Å². The number of aryl methyl sites for hydroxylation is 1. The molecule has 2 heterocycles. The highest BCUT2D eigenvalue weighted by molar-refractivity contribution is 7.91. The van der Waals surface area contributed by atoms with Crippen molar-refractivity contribution in [3.8, 4) is 11.1 Å². The number of sulfone groups is 1. The van der Waals surface area contributed by atoms with Gasteiger partial charge in [-0.05, 0) is 35.1 Å². The first kappa shape index (κ1) is 26.0. The number of nitrogens with zero attached hydrogens (tertiary/aromatic N) is 1. The predicted molar refractivity (Wildman–Crippen MR) is 118 cm³/mol. The van der Waals surface area contributed by atoms with Gasteiger partial charge in [0.1, 0.15) is 0 Å². The fraction of sp³-hybridized carbons (Fsp3) is 0.500. The topological polar surface area (TPSA) is 57.6 Å². The molecule has 2 aromatic carbocycles. The Morgan fingerprint density at radius 1 is 0.971 bits per heavy atom. The molecule has 1 spiro atoms. The van der Waals surface area contributed by atoms with E-state index in [4.69, 9.17) is 0 Å². The van der Waals surface area contributed by atoms with Crippen molar-refractivity contribution in [2.75, 3.05) is 24.6 Å². The lowest BCUT2D eigenvalue weighted by atomic mass is 9.79. The molecule has 2 aliphatic rings. The fourth-order valence-corrected chi connectivity index (χ4v) is 7.35. The number of hydrogen-bond acceptors (Lipinski definition) is 4. The fourth-order valence-electron chi connectivity index (χ4n) is 5.20. The lowest BCUT2D eigenvalue weighted by Gasteiger charge is -2.47. The molecule has 0 aromatic heterocycles. The number of hydrogen-bond donors (Lipinski definition) is 1. The molecule has 2 saturated heterocycles. The summed E-state index contributed by atoms with van der Waals surface area (Å²) in [4.78, 5) is 2.17. The van der Waals surface area contributed by atoms with Crippen molar-refractivity contribution < 1.29 is 39.9 Å². The second-order valence-corrected chi connectivity index (χ2v) is 11.8. The molecule has 192 valence electrons. The van der Waals surface area contributed by atoms with Crippen LogP contribution in [0.15, 0.2) is 42.5 Å². The molecular formula is C24H25F6NO3S. The van der Waals surface area contributed by atoms with Gasteiger partial charge in [-0.15, -0.1) is 0 Å². The maximum atomic E-state index is 13.1. The van der Waals surface area contributed by atoms with Crippen molar-refractivity contribution in [1.29, 1.82) is 0 Å². The van der Waals surface area contributed by atoms with Gasteiger partial charge in [-0.1, -0.05) is 49.4 Å². The second kappa shape index (κ2) is 8.48. The number of rotatable bonds is 5. The second-order valence-electron chi connectivity index (χ2n) is 9.62. The van der Waals surface area contributed by atoms with Crippen molar-refractivity contribution in [1.82, 2.24) is 4.90 Å². The molecule has 0 aliphatic carbocycles. The van der Waals surface area contributed by atoms with Gasteiger partial charge in [0.2, 0.25) is 0 Å². The van der Waals surface area contributed by atoms with Gasteiger partial charge in [0, 0.05) is 30.6 Å². The quantitative estimate of drug-likeness (QED) is 0.572. The minimum atomic E-state index is -5.93. The summed E-state index contributed by atoms with van der Waals surface area (Å²) < 4.78 is 102. The molecule has 0 radical (unpaired) electrons. The zero-order chi connectivity index (χ0) is 25.9. The zero-order valence-electron chi connectivity index (χ0n) is 18.9. The molecular weight excluding hydrogens is 496 g/mol. The maximum Gasteiger partial charge on any atom is 0.430 e. The largest absolute Gasteiger partial charge is 0.430 e. The number of aliphatic hydroxyl groups is 1. The van der Waals surface area contributed by atoms with E-state index in [-0.39, 0.29) is 16.9 Å². The van der Waals surface area contributed by atoms with Gasteiger partial charge in [0.05, 0.1) is 11.5 Å². The van der Waals surface area contributed by atoms with Gasteiger partial charge >= 0.3 is 12.4 Å². The number of halogens is 6. The highest BCUT2D eigenvalue weighted by Crippen LogP contribution is 2.50. The third-order valence-electron chi connectivity index (χ3n) is 6.98. The van der Waals surface area contributed by atoms with Crippen LogP contribution in [0.4, 0.5) is 26.3 Å². The maximum absolute atomic E-state index is 13.1. The van der Waals surface area contributed by atoms with Gasteiger partial charge in [-0.2, -0.15) is 26.3 Å². The monoisotopic (exact) mass is 521 g/mol. The molecule has 0 bridgehead atoms. The Hall–Kier alpha value is -2.11. The summed E-state index contributed by atoms with van der Waals surface area (Å²) in [6.07, 6.45) is -10.6. The molecule has 35 heavy (non-hydrogen) atoms. The van der Waals surface area contributed by atoms with Gasteiger partial charge in [-0.25, -0.2) is 8.42 Å². The lowest BCUT2D eigenvalue weighted by molar-refractivity contribution is -0.376. The van der Waals surface area contributed by atoms with E-state index in [2.05, 4.69) is 4.90 Å². The van der Waals surface area contributed by atoms with Crippen molar-refractivity contribution in [3.05, 3.63) is 59.2 Å². The van der Waals surface area contributed by atoms with Gasteiger partial charge in [-0.3, -0.25) is 4.90 Å². The number of likely N-dealkylation sites (tertiary alicyclic amines) is 1. The highest BCUT2D eigenvalue weighted by atomic mass is 32.2. The molecule has 4 nitrogen and oxygen atoms in total. The van der Waals surface area contributed by atoms with Crippen LogP contribution in [-0.2, 0) is 28.4 Å². The van der Waals surface area contributed by atoms with Crippen molar-refractivity contribution in [3.63, 3.8) is 0 Å². The van der Waals surface area contributed by atoms with Crippen LogP contribution in [0.25, 0.3) is 11.1 Å². The van der Waals surface area contributed by atoms with Crippen LogP contribution in [0, 0.1) is 5.41 Å². The third kappa shape index (κ3) is 4.70. The number of alkyl halides is 6. The average Bonchev–Trinajstić information content (AvgIpc) is 3.07. The zero-order valence-corrected chi connectivity index (χ0v) is 19.7. The summed E-state index contributed by atoms with van der Waals surface area (Å²) in [6, 6.07) is 9.16. The van der Waals surface area contributed by atoms with Crippen LogP contribution in [-0.4, -0.2) is 55.4 Å². The van der Waals surface area contributed by atoms with E-state index in [9.17, 15) is 39.9 Å². The molecule has 11 heteroatoms. The van der Waals surface area contributed by atoms with E-state index in [1.807, 2.05) is 19.1 Å². The molecule has 2 aliphatic heterocycles. The van der Waals surface area contributed by atoms with Crippen LogP contribution < -0.4 is 0 Å². The molecule has 2 fully saturated rings. The van der Waals surface area contributed by atoms with E-state index < -0.39 is 33.4 Å². The molecule has 0 saturated carbocycles. The summed E-state index contributed by atoms with van der Waals surface area (Å²) in [5.74, 6) is 0.459. The normalized spacial score (nSPS) is 20.2. The van der Waals surface area contributed by atoms with Crippen LogP contribution in [0.5, 0.6) is 0 Å². The Kier molecular flexibility index (Phi) is 6.29. The van der Waals surface area contributed by atoms with E-state index in [1.54, 1.807) is 6.07 Å². The molecule has 2 aromatic rings. The average molecular weight is 522 g/mol. The first-order valence-corrected chi connectivity index (χ1v) is 12.9. The van der Waals surface area contributed by atoms with Crippen LogP contribution in [0.1, 0.15) is 30.0 Å². The predicted octanol–water partition coefficient (Wildman–Crippen LogP) is 4.85. The highest BCUT2D eigenvalue weighted by Gasteiger charge is 2.71. The van der Waals surface area contributed by atoms with E-state index in [1.165, 1.54) is 0 Å². The van der Waals surface area contributed by atoms with Crippen molar-refractivity contribution in [2.24, 2.45) is 5.41 Å². The Morgan fingerprint density at radius 3 is 2.06 bits per heavy atom. The Morgan fingerprint density at radius 2 is 1.57 bits per heavy atom. The van der Waals surface area contributed by atoms with E-state index >= 15 is 0 Å². The first-order valence-electron chi connectivity index (χ1n) is 11.1. The van der Waals surface area contributed by atoms with E-state index in [0.717, 1.165) is 23.3 Å². The van der Waals surface area contributed by atoms with Crippen LogP contribution in [0.3, 0.4) is 0 Å². The summed E-state index contributed by atoms with van der Waals surface area (Å²) in [6.45, 7) is 3.93. The molecule has 0 unspecified atom stereocenters. The summed E-state index contributed by atoms with van der Waals surface area (Å²) in [7, 11) is -2.95. The Bertz CT molecular complexity index is 1190. The molecule has 0 amide bonds. The lowest BCUT2D eigenvalue weighted by Crippen LogP contribution is -2.56.